The quantitative estimate of drug-likeness (QED) is 0.791. The van der Waals surface area contributed by atoms with Crippen LogP contribution in [-0.4, -0.2) is 36.9 Å². The predicted molar refractivity (Wildman–Crippen MR) is 93.4 cm³/mol. The highest BCUT2D eigenvalue weighted by Crippen LogP contribution is 2.22. The summed E-state index contributed by atoms with van der Waals surface area (Å²) in [7, 11) is 1.82. The van der Waals surface area contributed by atoms with Crippen LogP contribution in [0.3, 0.4) is 0 Å². The number of benzene rings is 1. The van der Waals surface area contributed by atoms with Crippen LogP contribution in [0.1, 0.15) is 17.8 Å². The normalized spacial score (nSPS) is 12.0. The van der Waals surface area contributed by atoms with Gasteiger partial charge in [0.1, 0.15) is 0 Å². The van der Waals surface area contributed by atoms with Crippen LogP contribution in [0.15, 0.2) is 35.7 Å². The summed E-state index contributed by atoms with van der Waals surface area (Å²) in [5, 5.41) is 6.87. The Labute approximate surface area is 148 Å². The first-order valence-electron chi connectivity index (χ1n) is 7.62. The maximum absolute atomic E-state index is 13.1. The van der Waals surface area contributed by atoms with Crippen molar-refractivity contribution in [2.45, 2.75) is 13.0 Å². The molecule has 0 saturated heterocycles. The van der Waals surface area contributed by atoms with Crippen molar-refractivity contribution in [3.63, 3.8) is 0 Å². The van der Waals surface area contributed by atoms with Gasteiger partial charge in [-0.25, -0.2) is 8.78 Å². The largest absolute Gasteiger partial charge is 0.346 e. The van der Waals surface area contributed by atoms with Crippen molar-refractivity contribution in [2.24, 2.45) is 0 Å². The van der Waals surface area contributed by atoms with Gasteiger partial charge in [0.2, 0.25) is 11.8 Å². The lowest BCUT2D eigenvalue weighted by atomic mass is 10.2. The van der Waals surface area contributed by atoms with Gasteiger partial charge in [-0.1, -0.05) is 6.07 Å². The number of anilines is 1. The SMILES string of the molecule is CC(c1cccs1)N(C)CC(=O)NCC(=O)Nc1ccc(F)c(F)c1. The van der Waals surface area contributed by atoms with Gasteiger partial charge < -0.3 is 10.6 Å². The zero-order valence-electron chi connectivity index (χ0n) is 13.9. The molecule has 2 N–H and O–H groups in total. The Kier molecular flexibility index (Phi) is 6.60. The lowest BCUT2D eigenvalue weighted by Crippen LogP contribution is -2.39. The van der Waals surface area contributed by atoms with Crippen LogP contribution in [0, 0.1) is 11.6 Å². The molecule has 0 fully saturated rings. The number of likely N-dealkylation sites (N-methyl/N-ethyl adjacent to an activating group) is 1. The van der Waals surface area contributed by atoms with E-state index in [1.807, 2.05) is 36.4 Å². The van der Waals surface area contributed by atoms with E-state index < -0.39 is 17.5 Å². The zero-order valence-corrected chi connectivity index (χ0v) is 14.7. The van der Waals surface area contributed by atoms with E-state index in [-0.39, 0.29) is 30.7 Å². The van der Waals surface area contributed by atoms with E-state index in [4.69, 9.17) is 0 Å². The van der Waals surface area contributed by atoms with Crippen molar-refractivity contribution < 1.29 is 18.4 Å². The molecule has 0 aliphatic rings. The van der Waals surface area contributed by atoms with Gasteiger partial charge in [-0.15, -0.1) is 11.3 Å². The minimum atomic E-state index is -1.05. The summed E-state index contributed by atoms with van der Waals surface area (Å²) in [5.41, 5.74) is 0.126. The number of halogens is 2. The number of hydrogen-bond acceptors (Lipinski definition) is 4. The predicted octanol–water partition coefficient (Wildman–Crippen LogP) is 2.77. The summed E-state index contributed by atoms with van der Waals surface area (Å²) in [6, 6.07) is 7.08. The van der Waals surface area contributed by atoms with E-state index >= 15 is 0 Å². The fourth-order valence-electron chi connectivity index (χ4n) is 2.12. The molecule has 0 aliphatic heterocycles. The second kappa shape index (κ2) is 8.68. The van der Waals surface area contributed by atoms with Crippen LogP contribution in [0.25, 0.3) is 0 Å². The molecule has 0 spiro atoms. The van der Waals surface area contributed by atoms with E-state index in [0.717, 1.165) is 17.0 Å². The third-order valence-electron chi connectivity index (χ3n) is 3.66. The van der Waals surface area contributed by atoms with Gasteiger partial charge >= 0.3 is 0 Å². The second-order valence-corrected chi connectivity index (χ2v) is 6.54. The summed E-state index contributed by atoms with van der Waals surface area (Å²) < 4.78 is 25.9. The topological polar surface area (TPSA) is 61.4 Å². The average Bonchev–Trinajstić information content (AvgIpc) is 3.10. The van der Waals surface area contributed by atoms with E-state index in [9.17, 15) is 18.4 Å². The third-order valence-corrected chi connectivity index (χ3v) is 4.70. The van der Waals surface area contributed by atoms with Crippen molar-refractivity contribution in [1.29, 1.82) is 0 Å². The van der Waals surface area contributed by atoms with E-state index in [1.54, 1.807) is 11.3 Å². The van der Waals surface area contributed by atoms with E-state index in [2.05, 4.69) is 10.6 Å². The maximum Gasteiger partial charge on any atom is 0.243 e. The molecule has 1 atom stereocenters. The van der Waals surface area contributed by atoms with Gasteiger partial charge in [0, 0.05) is 22.7 Å². The Bertz CT molecular complexity index is 737. The van der Waals surface area contributed by atoms with Crippen molar-refractivity contribution in [2.75, 3.05) is 25.5 Å². The highest BCUT2D eigenvalue weighted by molar-refractivity contribution is 7.10. The first-order valence-corrected chi connectivity index (χ1v) is 8.50. The Morgan fingerprint density at radius 2 is 1.96 bits per heavy atom. The van der Waals surface area contributed by atoms with Gasteiger partial charge in [-0.05, 0) is 37.6 Å². The second-order valence-electron chi connectivity index (χ2n) is 5.56. The first-order chi connectivity index (χ1) is 11.9. The monoisotopic (exact) mass is 367 g/mol. The molecule has 0 saturated carbocycles. The van der Waals surface area contributed by atoms with Gasteiger partial charge in [-0.3, -0.25) is 14.5 Å². The van der Waals surface area contributed by atoms with Crippen molar-refractivity contribution in [1.82, 2.24) is 10.2 Å². The molecule has 1 heterocycles. The fourth-order valence-corrected chi connectivity index (χ4v) is 2.97. The summed E-state index contributed by atoms with van der Waals surface area (Å²) in [4.78, 5) is 26.7. The third kappa shape index (κ3) is 5.61. The van der Waals surface area contributed by atoms with Crippen LogP contribution in [0.4, 0.5) is 14.5 Å². The number of hydrogen-bond donors (Lipinski definition) is 2. The Morgan fingerprint density at radius 3 is 2.60 bits per heavy atom. The standard InChI is InChI=1S/C17H19F2N3O2S/c1-11(15-4-3-7-25-15)22(2)10-17(24)20-9-16(23)21-12-5-6-13(18)14(19)8-12/h3-8,11H,9-10H2,1-2H3,(H,20,24)(H,21,23). The molecule has 5 nitrogen and oxygen atoms in total. The van der Waals surface area contributed by atoms with Crippen LogP contribution in [-0.2, 0) is 9.59 Å². The van der Waals surface area contributed by atoms with Crippen molar-refractivity contribution >= 4 is 28.8 Å². The number of nitrogens with one attached hydrogen (secondary N) is 2. The molecular formula is C17H19F2N3O2S. The summed E-state index contributed by atoms with van der Waals surface area (Å²) in [5.74, 6) is -2.86. The van der Waals surface area contributed by atoms with Crippen LogP contribution >= 0.6 is 11.3 Å². The molecule has 1 unspecified atom stereocenters. The number of thiophene rings is 1. The Morgan fingerprint density at radius 1 is 1.20 bits per heavy atom. The van der Waals surface area contributed by atoms with E-state index in [0.29, 0.717) is 0 Å². The molecule has 134 valence electrons. The number of nitrogens with zero attached hydrogens (tertiary/aromatic N) is 1. The summed E-state index contributed by atoms with van der Waals surface area (Å²) in [6.07, 6.45) is 0. The minimum Gasteiger partial charge on any atom is -0.346 e. The Balaban J connectivity index is 1.77. The van der Waals surface area contributed by atoms with Crippen LogP contribution in [0.5, 0.6) is 0 Å². The van der Waals surface area contributed by atoms with Crippen LogP contribution in [0.2, 0.25) is 0 Å². The summed E-state index contributed by atoms with van der Waals surface area (Å²) in [6.45, 7) is 1.88. The number of amides is 2. The number of carbonyl (C=O) groups is 2. The smallest absolute Gasteiger partial charge is 0.243 e. The molecule has 1 aromatic heterocycles. The highest BCUT2D eigenvalue weighted by Gasteiger charge is 2.16. The Hall–Kier alpha value is -2.32. The fraction of sp³-hybridized carbons (Fsp3) is 0.294. The minimum absolute atomic E-state index is 0.0850. The molecular weight excluding hydrogens is 348 g/mol. The van der Waals surface area contributed by atoms with E-state index in [1.165, 1.54) is 6.07 Å². The molecule has 8 heteroatoms. The molecule has 0 bridgehead atoms. The molecule has 2 aromatic rings. The maximum atomic E-state index is 13.1. The molecule has 1 aromatic carbocycles. The van der Waals surface area contributed by atoms with Crippen molar-refractivity contribution in [3.8, 4) is 0 Å². The van der Waals surface area contributed by atoms with Gasteiger partial charge in [0.05, 0.1) is 13.1 Å². The average molecular weight is 367 g/mol. The first kappa shape index (κ1) is 19.0. The summed E-state index contributed by atoms with van der Waals surface area (Å²) >= 11 is 1.61. The number of rotatable bonds is 7. The molecule has 2 rings (SSSR count). The number of carbonyl (C=O) groups excluding carboxylic acids is 2. The van der Waals surface area contributed by atoms with Crippen LogP contribution < -0.4 is 10.6 Å². The van der Waals surface area contributed by atoms with Gasteiger partial charge in [0.25, 0.3) is 0 Å². The van der Waals surface area contributed by atoms with Gasteiger partial charge in [0.15, 0.2) is 11.6 Å². The zero-order chi connectivity index (χ0) is 18.4. The molecule has 0 aliphatic carbocycles. The lowest BCUT2D eigenvalue weighted by molar-refractivity contribution is -0.125. The highest BCUT2D eigenvalue weighted by atomic mass is 32.1. The van der Waals surface area contributed by atoms with Gasteiger partial charge in [-0.2, -0.15) is 0 Å². The lowest BCUT2D eigenvalue weighted by Gasteiger charge is -2.23. The molecule has 2 amide bonds. The molecule has 25 heavy (non-hydrogen) atoms. The molecule has 0 radical (unpaired) electrons. The van der Waals surface area contributed by atoms with Crippen molar-refractivity contribution in [3.05, 3.63) is 52.2 Å².